The van der Waals surface area contributed by atoms with Crippen molar-refractivity contribution in [1.82, 2.24) is 5.43 Å². The topological polar surface area (TPSA) is 97.7 Å². The second-order valence-electron chi connectivity index (χ2n) is 7.53. The van der Waals surface area contributed by atoms with Gasteiger partial charge < -0.3 is 4.42 Å². The Hall–Kier alpha value is -3.74. The fourth-order valence-electron chi connectivity index (χ4n) is 2.67. The molecule has 0 aliphatic rings. The van der Waals surface area contributed by atoms with Gasteiger partial charge in [-0.3, -0.25) is 14.9 Å². The third-order valence-electron chi connectivity index (χ3n) is 4.36. The van der Waals surface area contributed by atoms with E-state index < -0.39 is 4.92 Å². The lowest BCUT2D eigenvalue weighted by Gasteiger charge is -2.18. The van der Waals surface area contributed by atoms with Crippen molar-refractivity contribution >= 4 is 17.8 Å². The molecule has 3 rings (SSSR count). The molecular formula is C22H21N3O4. The van der Waals surface area contributed by atoms with Crippen LogP contribution < -0.4 is 5.43 Å². The Morgan fingerprint density at radius 1 is 1.03 bits per heavy atom. The summed E-state index contributed by atoms with van der Waals surface area (Å²) in [5.74, 6) is 0.677. The summed E-state index contributed by atoms with van der Waals surface area (Å²) in [7, 11) is 0. The monoisotopic (exact) mass is 391 g/mol. The Balaban J connectivity index is 1.62. The third-order valence-corrected chi connectivity index (χ3v) is 4.36. The van der Waals surface area contributed by atoms with E-state index in [1.54, 1.807) is 36.4 Å². The van der Waals surface area contributed by atoms with Gasteiger partial charge in [0.2, 0.25) is 0 Å². The van der Waals surface area contributed by atoms with E-state index in [2.05, 4.69) is 31.3 Å². The molecule has 0 radical (unpaired) electrons. The van der Waals surface area contributed by atoms with Crippen molar-refractivity contribution in [3.8, 4) is 11.3 Å². The van der Waals surface area contributed by atoms with Gasteiger partial charge in [-0.1, -0.05) is 32.9 Å². The third kappa shape index (κ3) is 4.95. The van der Waals surface area contributed by atoms with Crippen LogP contribution in [0.15, 0.2) is 70.2 Å². The summed E-state index contributed by atoms with van der Waals surface area (Å²) in [6.45, 7) is 6.34. The molecule has 0 spiro atoms. The number of non-ortho nitro benzene ring substituents is 1. The molecule has 2 aromatic carbocycles. The highest BCUT2D eigenvalue weighted by molar-refractivity contribution is 5.94. The van der Waals surface area contributed by atoms with Gasteiger partial charge in [-0.15, -0.1) is 0 Å². The van der Waals surface area contributed by atoms with Gasteiger partial charge in [0.05, 0.1) is 11.1 Å². The van der Waals surface area contributed by atoms with Gasteiger partial charge in [0.25, 0.3) is 11.6 Å². The summed E-state index contributed by atoms with van der Waals surface area (Å²) >= 11 is 0. The lowest BCUT2D eigenvalue weighted by Crippen LogP contribution is -2.18. The van der Waals surface area contributed by atoms with Crippen LogP contribution in [0.3, 0.4) is 0 Å². The highest BCUT2D eigenvalue weighted by Crippen LogP contribution is 2.24. The molecule has 148 valence electrons. The largest absolute Gasteiger partial charge is 0.455 e. The van der Waals surface area contributed by atoms with Crippen molar-refractivity contribution in [3.05, 3.63) is 87.7 Å². The molecule has 0 unspecified atom stereocenters. The van der Waals surface area contributed by atoms with Crippen LogP contribution in [-0.2, 0) is 5.41 Å². The summed E-state index contributed by atoms with van der Waals surface area (Å²) in [4.78, 5) is 22.5. The van der Waals surface area contributed by atoms with E-state index in [0.29, 0.717) is 22.6 Å². The molecule has 3 aromatic rings. The lowest BCUT2D eigenvalue weighted by molar-refractivity contribution is -0.384. The van der Waals surface area contributed by atoms with Gasteiger partial charge in [-0.2, -0.15) is 5.10 Å². The van der Waals surface area contributed by atoms with Crippen LogP contribution in [0.2, 0.25) is 0 Å². The minimum atomic E-state index is -0.455. The fraction of sp³-hybridized carbons (Fsp3) is 0.182. The van der Waals surface area contributed by atoms with Crippen molar-refractivity contribution in [2.75, 3.05) is 0 Å². The number of hydrogen-bond donors (Lipinski definition) is 1. The van der Waals surface area contributed by atoms with E-state index in [0.717, 1.165) is 5.56 Å². The van der Waals surface area contributed by atoms with E-state index in [9.17, 15) is 14.9 Å². The van der Waals surface area contributed by atoms with Crippen LogP contribution in [0.5, 0.6) is 0 Å². The molecule has 29 heavy (non-hydrogen) atoms. The lowest BCUT2D eigenvalue weighted by atomic mass is 9.87. The number of benzene rings is 2. The predicted octanol–water partition coefficient (Wildman–Crippen LogP) is 4.92. The number of amides is 1. The van der Waals surface area contributed by atoms with E-state index in [-0.39, 0.29) is 17.0 Å². The summed E-state index contributed by atoms with van der Waals surface area (Å²) in [6, 6.07) is 16.9. The first kappa shape index (κ1) is 20.0. The second kappa shape index (κ2) is 8.10. The van der Waals surface area contributed by atoms with E-state index >= 15 is 0 Å². The highest BCUT2D eigenvalue weighted by Gasteiger charge is 2.14. The fourth-order valence-corrected chi connectivity index (χ4v) is 2.67. The van der Waals surface area contributed by atoms with Gasteiger partial charge in [0, 0.05) is 23.3 Å². The molecule has 7 nitrogen and oxygen atoms in total. The van der Waals surface area contributed by atoms with Crippen LogP contribution in [0.25, 0.3) is 11.3 Å². The molecule has 1 heterocycles. The van der Waals surface area contributed by atoms with Crippen molar-refractivity contribution in [2.45, 2.75) is 26.2 Å². The molecule has 1 N–H and O–H groups in total. The van der Waals surface area contributed by atoms with Crippen molar-refractivity contribution in [3.63, 3.8) is 0 Å². The minimum Gasteiger partial charge on any atom is -0.455 e. The number of hydrazone groups is 1. The number of carbonyl (C=O) groups is 1. The van der Waals surface area contributed by atoms with E-state index in [1.807, 2.05) is 12.1 Å². The average Bonchev–Trinajstić information content (AvgIpc) is 3.16. The van der Waals surface area contributed by atoms with Crippen LogP contribution >= 0.6 is 0 Å². The van der Waals surface area contributed by atoms with Crippen molar-refractivity contribution < 1.29 is 14.1 Å². The molecule has 0 aliphatic heterocycles. The maximum Gasteiger partial charge on any atom is 0.271 e. The normalized spacial score (nSPS) is 11.6. The Kier molecular flexibility index (Phi) is 5.59. The maximum atomic E-state index is 12.2. The first-order chi connectivity index (χ1) is 13.7. The number of nitro groups is 1. The Morgan fingerprint density at radius 2 is 1.69 bits per heavy atom. The quantitative estimate of drug-likeness (QED) is 0.379. The van der Waals surface area contributed by atoms with E-state index in [1.165, 1.54) is 18.3 Å². The van der Waals surface area contributed by atoms with Gasteiger partial charge in [0.1, 0.15) is 11.5 Å². The Morgan fingerprint density at radius 3 is 2.28 bits per heavy atom. The van der Waals surface area contributed by atoms with Gasteiger partial charge in [-0.05, 0) is 47.4 Å². The van der Waals surface area contributed by atoms with Gasteiger partial charge in [-0.25, -0.2) is 5.43 Å². The molecule has 0 saturated heterocycles. The van der Waals surface area contributed by atoms with Crippen molar-refractivity contribution in [1.29, 1.82) is 0 Å². The molecule has 0 bridgehead atoms. The van der Waals surface area contributed by atoms with Gasteiger partial charge >= 0.3 is 0 Å². The predicted molar refractivity (Wildman–Crippen MR) is 111 cm³/mol. The molecule has 0 saturated carbocycles. The number of carbonyl (C=O) groups excluding carboxylic acids is 1. The zero-order valence-electron chi connectivity index (χ0n) is 16.4. The molecule has 7 heteroatoms. The molecular weight excluding hydrogens is 370 g/mol. The summed E-state index contributed by atoms with van der Waals surface area (Å²) in [6.07, 6.45) is 1.40. The van der Waals surface area contributed by atoms with Gasteiger partial charge in [0.15, 0.2) is 0 Å². The average molecular weight is 391 g/mol. The zero-order chi connectivity index (χ0) is 21.0. The van der Waals surface area contributed by atoms with E-state index in [4.69, 9.17) is 4.42 Å². The summed E-state index contributed by atoms with van der Waals surface area (Å²) < 4.78 is 5.64. The van der Waals surface area contributed by atoms with Crippen LogP contribution in [-0.4, -0.2) is 17.0 Å². The first-order valence-electron chi connectivity index (χ1n) is 9.03. The van der Waals surface area contributed by atoms with Crippen LogP contribution in [0.4, 0.5) is 5.69 Å². The number of hydrogen-bond acceptors (Lipinski definition) is 5. The van der Waals surface area contributed by atoms with Crippen molar-refractivity contribution in [2.24, 2.45) is 5.10 Å². The first-order valence-corrected chi connectivity index (χ1v) is 9.03. The SMILES string of the molecule is CC(C)(C)c1ccc(C(=O)N/N=C\c2ccc(-c3ccc([N+](=O)[O-])cc3)o2)cc1. The molecule has 0 aliphatic carbocycles. The second-order valence-corrected chi connectivity index (χ2v) is 7.53. The van der Waals surface area contributed by atoms with Crippen LogP contribution in [0.1, 0.15) is 42.5 Å². The zero-order valence-corrected chi connectivity index (χ0v) is 16.4. The standard InChI is InChI=1S/C22H21N3O4/c1-22(2,3)17-8-4-16(5-9-17)21(26)24-23-14-19-12-13-20(29-19)15-6-10-18(11-7-15)25(27)28/h4-14H,1-3H3,(H,24,26)/b23-14-. The summed E-state index contributed by atoms with van der Waals surface area (Å²) in [5.41, 5.74) is 4.87. The number of rotatable bonds is 5. The molecule has 0 atom stereocenters. The minimum absolute atomic E-state index is 0.0142. The van der Waals surface area contributed by atoms with Crippen LogP contribution in [0, 0.1) is 10.1 Å². The molecule has 1 amide bonds. The highest BCUT2D eigenvalue weighted by atomic mass is 16.6. The number of nitrogens with one attached hydrogen (secondary N) is 1. The molecule has 0 fully saturated rings. The number of nitrogens with zero attached hydrogens (tertiary/aromatic N) is 2. The Bertz CT molecular complexity index is 1040. The number of nitro benzene ring substituents is 1. The Labute approximate surface area is 168 Å². The smallest absolute Gasteiger partial charge is 0.271 e. The summed E-state index contributed by atoms with van der Waals surface area (Å²) in [5, 5.41) is 14.6. The molecule has 1 aromatic heterocycles. The number of furan rings is 1. The maximum absolute atomic E-state index is 12.2.